The van der Waals surface area contributed by atoms with E-state index in [9.17, 15) is 0 Å². The molecule has 0 aliphatic heterocycles. The van der Waals surface area contributed by atoms with Crippen molar-refractivity contribution >= 4 is 0 Å². The fraction of sp³-hybridized carbons (Fsp3) is 1.00. The maximum atomic E-state index is 6.24. The Labute approximate surface area is 118 Å². The van der Waals surface area contributed by atoms with E-state index in [1.807, 2.05) is 7.11 Å². The van der Waals surface area contributed by atoms with Gasteiger partial charge in [-0.25, -0.2) is 0 Å². The molecule has 0 aromatic carbocycles. The molecule has 2 rings (SSSR count). The summed E-state index contributed by atoms with van der Waals surface area (Å²) < 4.78 is 5.57. The van der Waals surface area contributed by atoms with Gasteiger partial charge in [0.25, 0.3) is 0 Å². The first-order valence-corrected chi connectivity index (χ1v) is 7.98. The van der Waals surface area contributed by atoms with Crippen molar-refractivity contribution in [1.82, 2.24) is 5.32 Å². The van der Waals surface area contributed by atoms with Crippen LogP contribution in [-0.2, 0) is 4.74 Å². The largest absolute Gasteiger partial charge is 0.380 e. The fourth-order valence-corrected chi connectivity index (χ4v) is 4.04. The highest BCUT2D eigenvalue weighted by molar-refractivity contribution is 4.95. The van der Waals surface area contributed by atoms with E-state index < -0.39 is 0 Å². The van der Waals surface area contributed by atoms with Gasteiger partial charge in [0.1, 0.15) is 0 Å². The minimum Gasteiger partial charge on any atom is -0.380 e. The van der Waals surface area contributed by atoms with E-state index in [2.05, 4.69) is 26.1 Å². The molecule has 2 aliphatic rings. The maximum Gasteiger partial charge on any atom is 0.0724 e. The lowest BCUT2D eigenvalue weighted by atomic mass is 9.61. The molecule has 5 atom stereocenters. The molecule has 3 N–H and O–H groups in total. The first-order chi connectivity index (χ1) is 8.96. The number of nitrogens with two attached hydrogens (primary N) is 1. The van der Waals surface area contributed by atoms with Gasteiger partial charge in [-0.3, -0.25) is 0 Å². The molecule has 2 aliphatic carbocycles. The molecule has 0 saturated heterocycles. The molecule has 5 unspecified atom stereocenters. The molecule has 19 heavy (non-hydrogen) atoms. The molecule has 112 valence electrons. The van der Waals surface area contributed by atoms with Gasteiger partial charge in [0.2, 0.25) is 0 Å². The summed E-state index contributed by atoms with van der Waals surface area (Å²) in [7, 11) is 1.84. The molecule has 0 spiro atoms. The Morgan fingerprint density at radius 1 is 1.21 bits per heavy atom. The smallest absolute Gasteiger partial charge is 0.0724 e. The lowest BCUT2D eigenvalue weighted by Gasteiger charge is -2.47. The first-order valence-electron chi connectivity index (χ1n) is 7.98. The fourth-order valence-electron chi connectivity index (χ4n) is 4.04. The van der Waals surface area contributed by atoms with Gasteiger partial charge in [0, 0.05) is 19.2 Å². The third kappa shape index (κ3) is 3.14. The SMILES string of the molecule is COC1CCCC1NCC1CCC(N)C(C)C1(C)C. The highest BCUT2D eigenvalue weighted by Crippen LogP contribution is 2.44. The summed E-state index contributed by atoms with van der Waals surface area (Å²) in [6.45, 7) is 8.23. The van der Waals surface area contributed by atoms with Gasteiger partial charge in [-0.15, -0.1) is 0 Å². The topological polar surface area (TPSA) is 47.3 Å². The molecule has 3 heteroatoms. The number of rotatable bonds is 4. The second-order valence-electron chi connectivity index (χ2n) is 7.27. The van der Waals surface area contributed by atoms with Crippen molar-refractivity contribution < 1.29 is 4.74 Å². The monoisotopic (exact) mass is 268 g/mol. The molecule has 0 bridgehead atoms. The van der Waals surface area contributed by atoms with Gasteiger partial charge in [0.15, 0.2) is 0 Å². The van der Waals surface area contributed by atoms with Crippen LogP contribution in [-0.4, -0.2) is 31.8 Å². The Bertz CT molecular complexity index is 292. The van der Waals surface area contributed by atoms with Crippen LogP contribution in [0.2, 0.25) is 0 Å². The van der Waals surface area contributed by atoms with Crippen LogP contribution in [0.15, 0.2) is 0 Å². The van der Waals surface area contributed by atoms with Gasteiger partial charge >= 0.3 is 0 Å². The van der Waals surface area contributed by atoms with Crippen LogP contribution in [0.5, 0.6) is 0 Å². The Morgan fingerprint density at radius 2 is 1.95 bits per heavy atom. The zero-order chi connectivity index (χ0) is 14.0. The van der Waals surface area contributed by atoms with Crippen LogP contribution in [0.1, 0.15) is 52.9 Å². The third-order valence-corrected chi connectivity index (χ3v) is 6.10. The van der Waals surface area contributed by atoms with Crippen LogP contribution in [0, 0.1) is 17.3 Å². The van der Waals surface area contributed by atoms with E-state index >= 15 is 0 Å². The summed E-state index contributed by atoms with van der Waals surface area (Å²) in [6.07, 6.45) is 6.63. The second kappa shape index (κ2) is 6.11. The Kier molecular flexibility index (Phi) is 4.91. The summed E-state index contributed by atoms with van der Waals surface area (Å²) in [6, 6.07) is 0.941. The van der Waals surface area contributed by atoms with E-state index in [1.54, 1.807) is 0 Å². The normalized spacial score (nSPS) is 42.5. The number of methoxy groups -OCH3 is 1. The van der Waals surface area contributed by atoms with Gasteiger partial charge in [-0.2, -0.15) is 0 Å². The predicted molar refractivity (Wildman–Crippen MR) is 80.1 cm³/mol. The Morgan fingerprint density at radius 3 is 2.63 bits per heavy atom. The van der Waals surface area contributed by atoms with Crippen molar-refractivity contribution in [3.05, 3.63) is 0 Å². The average molecular weight is 268 g/mol. The zero-order valence-electron chi connectivity index (χ0n) is 13.1. The van der Waals surface area contributed by atoms with E-state index in [1.165, 1.54) is 32.1 Å². The van der Waals surface area contributed by atoms with Crippen molar-refractivity contribution in [2.75, 3.05) is 13.7 Å². The standard InChI is InChI=1S/C16H32N2O/c1-11-13(17)9-8-12(16(11,2)3)10-18-14-6-5-7-15(14)19-4/h11-15,18H,5-10,17H2,1-4H3. The van der Waals surface area contributed by atoms with Crippen LogP contribution in [0.25, 0.3) is 0 Å². The second-order valence-corrected chi connectivity index (χ2v) is 7.27. The van der Waals surface area contributed by atoms with Crippen LogP contribution >= 0.6 is 0 Å². The van der Waals surface area contributed by atoms with E-state index in [0.29, 0.717) is 29.5 Å². The molecular formula is C16H32N2O. The number of hydrogen-bond donors (Lipinski definition) is 2. The van der Waals surface area contributed by atoms with Crippen LogP contribution in [0.3, 0.4) is 0 Å². The van der Waals surface area contributed by atoms with Gasteiger partial charge < -0.3 is 15.8 Å². The predicted octanol–water partition coefficient (Wildman–Crippen LogP) is 2.54. The van der Waals surface area contributed by atoms with Gasteiger partial charge in [0.05, 0.1) is 6.10 Å². The molecule has 3 nitrogen and oxygen atoms in total. The van der Waals surface area contributed by atoms with Gasteiger partial charge in [-0.05, 0) is 55.9 Å². The van der Waals surface area contributed by atoms with Crippen LogP contribution in [0.4, 0.5) is 0 Å². The average Bonchev–Trinajstić information content (AvgIpc) is 2.83. The quantitative estimate of drug-likeness (QED) is 0.824. The molecule has 0 amide bonds. The minimum absolute atomic E-state index is 0.339. The summed E-state index contributed by atoms with van der Waals surface area (Å²) in [5.41, 5.74) is 6.58. The Hall–Kier alpha value is -0.120. The van der Waals surface area contributed by atoms with Gasteiger partial charge in [-0.1, -0.05) is 20.8 Å². The minimum atomic E-state index is 0.339. The number of ether oxygens (including phenoxy) is 1. The summed E-state index contributed by atoms with van der Waals surface area (Å²) in [5, 5.41) is 3.78. The molecule has 0 heterocycles. The van der Waals surface area contributed by atoms with Crippen LogP contribution < -0.4 is 11.1 Å². The zero-order valence-corrected chi connectivity index (χ0v) is 13.1. The maximum absolute atomic E-state index is 6.24. The van der Waals surface area contributed by atoms with Crippen molar-refractivity contribution in [2.45, 2.75) is 71.1 Å². The summed E-state index contributed by atoms with van der Waals surface area (Å²) in [4.78, 5) is 0. The molecule has 0 radical (unpaired) electrons. The van der Waals surface area contributed by atoms with E-state index in [0.717, 1.165) is 12.5 Å². The van der Waals surface area contributed by atoms with Crippen molar-refractivity contribution in [3.63, 3.8) is 0 Å². The molecule has 2 saturated carbocycles. The lowest BCUT2D eigenvalue weighted by Crippen LogP contribution is -2.51. The number of nitrogens with one attached hydrogen (secondary N) is 1. The Balaban J connectivity index is 1.88. The first kappa shape index (κ1) is 15.3. The molecule has 0 aromatic heterocycles. The molecule has 0 aromatic rings. The van der Waals surface area contributed by atoms with Crippen molar-refractivity contribution in [3.8, 4) is 0 Å². The summed E-state index contributed by atoms with van der Waals surface area (Å²) >= 11 is 0. The number of hydrogen-bond acceptors (Lipinski definition) is 3. The highest BCUT2D eigenvalue weighted by Gasteiger charge is 2.41. The third-order valence-electron chi connectivity index (χ3n) is 6.10. The lowest BCUT2D eigenvalue weighted by molar-refractivity contribution is 0.0423. The van der Waals surface area contributed by atoms with Crippen molar-refractivity contribution in [1.29, 1.82) is 0 Å². The summed E-state index contributed by atoms with van der Waals surface area (Å²) in [5.74, 6) is 1.34. The van der Waals surface area contributed by atoms with E-state index in [4.69, 9.17) is 10.5 Å². The van der Waals surface area contributed by atoms with E-state index in [-0.39, 0.29) is 0 Å². The highest BCUT2D eigenvalue weighted by atomic mass is 16.5. The molecule has 2 fully saturated rings. The van der Waals surface area contributed by atoms with Crippen molar-refractivity contribution in [2.24, 2.45) is 23.0 Å². The molecular weight excluding hydrogens is 236 g/mol.